The number of imidazole rings is 1. The van der Waals surface area contributed by atoms with Gasteiger partial charge in [0.15, 0.2) is 17.7 Å². The van der Waals surface area contributed by atoms with Crippen molar-refractivity contribution in [3.05, 3.63) is 49.4 Å². The number of aliphatic hydroxyl groups excluding tert-OH is 2. The number of ether oxygens (including phenoxy) is 1. The predicted molar refractivity (Wildman–Crippen MR) is 126 cm³/mol. The molecule has 2 aromatic heterocycles. The molecule has 0 radical (unpaired) electrons. The first-order valence-corrected chi connectivity index (χ1v) is 14.7. The third-order valence-electron chi connectivity index (χ3n) is 4.53. The third-order valence-corrected chi connectivity index (χ3v) is 8.34. The summed E-state index contributed by atoms with van der Waals surface area (Å²) in [5.41, 5.74) is 6.00. The summed E-state index contributed by atoms with van der Waals surface area (Å²) in [6.45, 7) is -0.956. The Morgan fingerprint density at radius 1 is 0.947 bits per heavy atom. The smallest absolute Gasteiger partial charge is 0.387 e. The Morgan fingerprint density at radius 2 is 1.61 bits per heavy atom. The number of nitrogens with zero attached hydrogens (tertiary/aromatic N) is 4. The van der Waals surface area contributed by atoms with Crippen molar-refractivity contribution in [3.8, 4) is 0 Å². The van der Waals surface area contributed by atoms with Gasteiger partial charge in [0.25, 0.3) is 0 Å². The molecule has 4 heterocycles. The van der Waals surface area contributed by atoms with Gasteiger partial charge in [0.2, 0.25) is 0 Å². The van der Waals surface area contributed by atoms with Gasteiger partial charge in [-0.15, -0.1) is 0 Å². The zero-order valence-electron chi connectivity index (χ0n) is 18.9. The zero-order chi connectivity index (χ0) is 28.1. The molecule has 22 heteroatoms. The number of nitrogen functional groups attached to an aromatic ring is 1. The van der Waals surface area contributed by atoms with E-state index in [2.05, 4.69) is 33.4 Å². The second kappa shape index (κ2) is 12.2. The molecule has 1 fully saturated rings. The van der Waals surface area contributed by atoms with E-state index in [1.807, 2.05) is 36.7 Å². The Labute approximate surface area is 213 Å². The molecule has 38 heavy (non-hydrogen) atoms. The number of hydrogen-bond acceptors (Lipinski definition) is 14. The number of phosphoric acid groups is 3. The van der Waals surface area contributed by atoms with Gasteiger partial charge < -0.3 is 45.6 Å². The van der Waals surface area contributed by atoms with Gasteiger partial charge in [-0.25, -0.2) is 28.6 Å². The summed E-state index contributed by atoms with van der Waals surface area (Å²) < 4.78 is 51.9. The molecule has 2 aromatic rings. The number of rotatable bonds is 8. The number of nitrogens with two attached hydrogens (primary N) is 1. The maximum Gasteiger partial charge on any atom is 0.490 e. The van der Waals surface area contributed by atoms with Gasteiger partial charge in [0, 0.05) is 12.4 Å². The molecule has 4 rings (SSSR count). The molecule has 0 bridgehead atoms. The van der Waals surface area contributed by atoms with E-state index in [9.17, 15) is 28.8 Å². The Kier molecular flexibility index (Phi) is 9.72. The maximum absolute atomic E-state index is 11.8. The summed E-state index contributed by atoms with van der Waals surface area (Å²) in [4.78, 5) is 47.2. The standard InChI is InChI=1S/C10H16N5O13P3.C6H7N/c11-8-5-9(13-2-12-8)15(3-14-5)10-7(17)6(16)4(26-10)1-25-30(21,22)28-31(23,24)27-29(18,19)20;1-2-4-6-7-5-3-1/h2-4,6-7,10,16-17H,1H2,(H,21,22)(H,23,24)(H2,11,12,13)(H2,18,19,20);1-7H/t4-,6-,7-,10-;/m1./s1. The summed E-state index contributed by atoms with van der Waals surface area (Å²) in [5, 5.41) is 23.3. The monoisotopic (exact) mass is 600 g/mol. The van der Waals surface area contributed by atoms with Gasteiger partial charge in [-0.05, 0) is 12.2 Å². The van der Waals surface area contributed by atoms with Crippen LogP contribution in [0, 0.1) is 0 Å². The highest BCUT2D eigenvalue weighted by Gasteiger charge is 2.47. The first kappa shape index (κ1) is 30.2. The van der Waals surface area contributed by atoms with Crippen molar-refractivity contribution in [1.82, 2.24) is 24.8 Å². The van der Waals surface area contributed by atoms with E-state index in [0.717, 1.165) is 6.33 Å². The fourth-order valence-electron chi connectivity index (χ4n) is 3.03. The van der Waals surface area contributed by atoms with Crippen molar-refractivity contribution in [2.75, 3.05) is 12.3 Å². The average Bonchev–Trinajstić information content (AvgIpc) is 3.17. The average molecular weight is 600 g/mol. The lowest BCUT2D eigenvalue weighted by atomic mass is 10.1. The number of anilines is 1. The Balaban J connectivity index is 0.000000494. The van der Waals surface area contributed by atoms with Crippen LogP contribution >= 0.6 is 23.5 Å². The number of hydrogen-bond donors (Lipinski definition) is 8. The lowest BCUT2D eigenvalue weighted by molar-refractivity contribution is -0.0503. The van der Waals surface area contributed by atoms with Gasteiger partial charge in [-0.2, -0.15) is 8.62 Å². The lowest BCUT2D eigenvalue weighted by Crippen LogP contribution is -2.33. The minimum absolute atomic E-state index is 0.0426. The molecule has 19 nitrogen and oxygen atoms in total. The van der Waals surface area contributed by atoms with Crippen molar-refractivity contribution in [3.63, 3.8) is 0 Å². The number of allylic oxidation sites excluding steroid dienone is 4. The van der Waals surface area contributed by atoms with E-state index in [4.69, 9.17) is 25.2 Å². The van der Waals surface area contributed by atoms with Crippen LogP contribution in [0.1, 0.15) is 6.23 Å². The number of nitrogens with one attached hydrogen (secondary N) is 1. The van der Waals surface area contributed by atoms with E-state index >= 15 is 0 Å². The van der Waals surface area contributed by atoms with Crippen LogP contribution in [0.15, 0.2) is 49.4 Å². The highest BCUT2D eigenvalue weighted by Crippen LogP contribution is 2.66. The first-order chi connectivity index (χ1) is 17.7. The topological polar surface area (TPSA) is 291 Å². The molecule has 0 amide bonds. The van der Waals surface area contributed by atoms with Crippen LogP contribution in [0.2, 0.25) is 0 Å². The first-order valence-electron chi connectivity index (χ1n) is 10.2. The third kappa shape index (κ3) is 8.33. The van der Waals surface area contributed by atoms with Crippen molar-refractivity contribution in [2.24, 2.45) is 0 Å². The van der Waals surface area contributed by atoms with Crippen LogP contribution in [-0.4, -0.2) is 74.2 Å². The molecule has 2 unspecified atom stereocenters. The van der Waals surface area contributed by atoms with E-state index in [1.54, 1.807) is 0 Å². The minimum Gasteiger partial charge on any atom is -0.387 e. The molecule has 6 atom stereocenters. The van der Waals surface area contributed by atoms with Gasteiger partial charge in [0.1, 0.15) is 30.2 Å². The fraction of sp³-hybridized carbons (Fsp3) is 0.312. The molecule has 2 aliphatic rings. The van der Waals surface area contributed by atoms with E-state index < -0.39 is 54.6 Å². The SMILES string of the molecule is C1=CC=CNC=C1.Nc1ncnc2c1ncn2[C@@H]1O[C@H](COP(=O)(O)OP(=O)(O)OP(=O)(O)O)[C@@H](O)[C@H]1O. The predicted octanol–water partition coefficient (Wildman–Crippen LogP) is -0.456. The van der Waals surface area contributed by atoms with Gasteiger partial charge in [0.05, 0.1) is 12.9 Å². The summed E-state index contributed by atoms with van der Waals surface area (Å²) >= 11 is 0. The minimum atomic E-state index is -5.70. The molecule has 9 N–H and O–H groups in total. The van der Waals surface area contributed by atoms with Crippen molar-refractivity contribution in [2.45, 2.75) is 24.5 Å². The molecule has 0 spiro atoms. The summed E-state index contributed by atoms with van der Waals surface area (Å²) in [6.07, 6.45) is 7.89. The number of fused-ring (bicyclic) bond motifs is 1. The highest BCUT2D eigenvalue weighted by molar-refractivity contribution is 7.66. The molecule has 0 aromatic carbocycles. The number of aromatic nitrogens is 4. The summed E-state index contributed by atoms with van der Waals surface area (Å²) in [7, 11) is -16.7. The van der Waals surface area contributed by atoms with Crippen molar-refractivity contribution >= 4 is 40.4 Å². The summed E-state index contributed by atoms with van der Waals surface area (Å²) in [6, 6.07) is 0. The molecule has 1 saturated heterocycles. The maximum atomic E-state index is 11.8. The van der Waals surface area contributed by atoms with Crippen LogP contribution in [0.5, 0.6) is 0 Å². The van der Waals surface area contributed by atoms with Gasteiger partial charge in [-0.1, -0.05) is 12.2 Å². The molecule has 0 saturated carbocycles. The number of phosphoric ester groups is 1. The van der Waals surface area contributed by atoms with Crippen molar-refractivity contribution in [1.29, 1.82) is 0 Å². The second-order valence-electron chi connectivity index (χ2n) is 7.29. The summed E-state index contributed by atoms with van der Waals surface area (Å²) in [5.74, 6) is 0.0426. The van der Waals surface area contributed by atoms with Crippen LogP contribution < -0.4 is 11.1 Å². The van der Waals surface area contributed by atoms with E-state index in [-0.39, 0.29) is 17.0 Å². The van der Waals surface area contributed by atoms with Crippen LogP contribution in [-0.2, 0) is 31.6 Å². The van der Waals surface area contributed by atoms with Crippen LogP contribution in [0.3, 0.4) is 0 Å². The van der Waals surface area contributed by atoms with E-state index in [1.165, 1.54) is 10.9 Å². The largest absolute Gasteiger partial charge is 0.490 e. The zero-order valence-corrected chi connectivity index (χ0v) is 21.6. The van der Waals surface area contributed by atoms with Crippen LogP contribution in [0.4, 0.5) is 5.82 Å². The molecule has 210 valence electrons. The Hall–Kier alpha value is -2.34. The molecular formula is C16H23N6O13P3. The van der Waals surface area contributed by atoms with Crippen molar-refractivity contribution < 1.29 is 61.4 Å². The molecular weight excluding hydrogens is 577 g/mol. The Bertz CT molecular complexity index is 1350. The molecule has 0 aliphatic carbocycles. The number of aliphatic hydroxyl groups is 2. The van der Waals surface area contributed by atoms with Crippen LogP contribution in [0.25, 0.3) is 11.2 Å². The molecule has 2 aliphatic heterocycles. The lowest BCUT2D eigenvalue weighted by Gasteiger charge is -2.19. The van der Waals surface area contributed by atoms with Gasteiger partial charge >= 0.3 is 23.5 Å². The normalized spacial score (nSPS) is 26.2. The fourth-order valence-corrected chi connectivity index (χ4v) is 6.06. The highest BCUT2D eigenvalue weighted by atomic mass is 31.3. The second-order valence-corrected chi connectivity index (χ2v) is 11.7. The Morgan fingerprint density at radius 3 is 2.24 bits per heavy atom. The van der Waals surface area contributed by atoms with Gasteiger partial charge in [-0.3, -0.25) is 9.09 Å². The quantitative estimate of drug-likeness (QED) is 0.178. The van der Waals surface area contributed by atoms with E-state index in [0.29, 0.717) is 0 Å².